The maximum Gasteiger partial charge on any atom is 0.0802 e. The molecule has 1 aromatic heterocycles. The topological polar surface area (TPSA) is 55.4 Å². The molecule has 1 aliphatic rings. The van der Waals surface area contributed by atoms with Gasteiger partial charge in [-0.1, -0.05) is 6.07 Å². The van der Waals surface area contributed by atoms with Crippen molar-refractivity contribution < 1.29 is 5.11 Å². The molecule has 1 aromatic carbocycles. The van der Waals surface area contributed by atoms with E-state index in [9.17, 15) is 5.11 Å². The van der Waals surface area contributed by atoms with Crippen molar-refractivity contribution in [2.24, 2.45) is 0 Å². The van der Waals surface area contributed by atoms with E-state index in [0.717, 1.165) is 29.4 Å². The van der Waals surface area contributed by atoms with Gasteiger partial charge in [0.15, 0.2) is 0 Å². The van der Waals surface area contributed by atoms with Gasteiger partial charge in [0.05, 0.1) is 17.8 Å². The molecular formula is C17H26N4O. The summed E-state index contributed by atoms with van der Waals surface area (Å²) in [4.78, 5) is 4.80. The van der Waals surface area contributed by atoms with Crippen LogP contribution in [0.1, 0.15) is 30.9 Å². The van der Waals surface area contributed by atoms with Crippen molar-refractivity contribution in [1.29, 1.82) is 0 Å². The molecule has 0 saturated carbocycles. The Morgan fingerprint density at radius 3 is 2.95 bits per heavy atom. The molecule has 1 aliphatic heterocycles. The summed E-state index contributed by atoms with van der Waals surface area (Å²) in [5.74, 6) is 0. The maximum atomic E-state index is 10.4. The number of aliphatic hydroxyl groups excluding tert-OH is 1. The normalized spacial score (nSPS) is 19.1. The molecule has 5 heteroatoms. The van der Waals surface area contributed by atoms with E-state index in [1.54, 1.807) is 6.20 Å². The van der Waals surface area contributed by atoms with Crippen LogP contribution in [-0.4, -0.2) is 64.9 Å². The van der Waals surface area contributed by atoms with E-state index < -0.39 is 6.10 Å². The molecule has 0 spiro atoms. The van der Waals surface area contributed by atoms with Crippen LogP contribution < -0.4 is 0 Å². The second-order valence-corrected chi connectivity index (χ2v) is 6.54. The van der Waals surface area contributed by atoms with E-state index in [1.807, 2.05) is 18.2 Å². The lowest BCUT2D eigenvalue weighted by molar-refractivity contribution is 0.110. The first kappa shape index (κ1) is 15.5. The van der Waals surface area contributed by atoms with E-state index >= 15 is 0 Å². The molecule has 1 saturated heterocycles. The van der Waals surface area contributed by atoms with Crippen LogP contribution in [0.4, 0.5) is 0 Å². The number of hydrogen-bond donors (Lipinski definition) is 2. The predicted octanol–water partition coefficient (Wildman–Crippen LogP) is 2.01. The van der Waals surface area contributed by atoms with Gasteiger partial charge < -0.3 is 14.9 Å². The van der Waals surface area contributed by atoms with Crippen molar-refractivity contribution in [1.82, 2.24) is 20.0 Å². The standard InChI is InChI=1S/C17H26N4O/c1-20-8-5-15(6-9-20)21(2)10-7-17(22)13-3-4-16-14(11-13)12-18-19-16/h3-4,11-12,15,17,22H,5-10H2,1-2H3,(H,18,19). The van der Waals surface area contributed by atoms with Gasteiger partial charge in [0.25, 0.3) is 0 Å². The van der Waals surface area contributed by atoms with Crippen molar-refractivity contribution in [3.63, 3.8) is 0 Å². The van der Waals surface area contributed by atoms with Gasteiger partial charge in [-0.3, -0.25) is 5.10 Å². The number of aromatic amines is 1. The van der Waals surface area contributed by atoms with Crippen LogP contribution in [0.15, 0.2) is 24.4 Å². The summed E-state index contributed by atoms with van der Waals surface area (Å²) in [5, 5.41) is 18.5. The Kier molecular flexibility index (Phi) is 4.76. The van der Waals surface area contributed by atoms with Gasteiger partial charge in [-0.05, 0) is 64.1 Å². The fourth-order valence-electron chi connectivity index (χ4n) is 3.28. The minimum absolute atomic E-state index is 0.409. The van der Waals surface area contributed by atoms with E-state index in [0.29, 0.717) is 6.04 Å². The van der Waals surface area contributed by atoms with Crippen molar-refractivity contribution in [2.75, 3.05) is 33.7 Å². The molecule has 2 heterocycles. The SMILES string of the molecule is CN1CCC(N(C)CCC(O)c2ccc3[nH]ncc3c2)CC1. The quantitative estimate of drug-likeness (QED) is 0.887. The second-order valence-electron chi connectivity index (χ2n) is 6.54. The summed E-state index contributed by atoms with van der Waals surface area (Å²) in [6.07, 6.45) is 4.62. The number of rotatable bonds is 5. The molecule has 120 valence electrons. The third kappa shape index (κ3) is 3.48. The van der Waals surface area contributed by atoms with Gasteiger partial charge in [-0.15, -0.1) is 0 Å². The first-order valence-electron chi connectivity index (χ1n) is 8.13. The highest BCUT2D eigenvalue weighted by Gasteiger charge is 2.21. The third-order valence-electron chi connectivity index (χ3n) is 4.92. The number of fused-ring (bicyclic) bond motifs is 1. The largest absolute Gasteiger partial charge is 0.388 e. The van der Waals surface area contributed by atoms with Crippen LogP contribution in [0.25, 0.3) is 10.9 Å². The Hall–Kier alpha value is -1.43. The zero-order valence-corrected chi connectivity index (χ0v) is 13.5. The lowest BCUT2D eigenvalue weighted by Gasteiger charge is -2.35. The van der Waals surface area contributed by atoms with E-state index in [2.05, 4.69) is 34.1 Å². The van der Waals surface area contributed by atoms with Crippen LogP contribution in [-0.2, 0) is 0 Å². The average Bonchev–Trinajstić information content (AvgIpc) is 3.00. The van der Waals surface area contributed by atoms with Gasteiger partial charge in [-0.2, -0.15) is 5.10 Å². The van der Waals surface area contributed by atoms with Crippen LogP contribution in [0.3, 0.4) is 0 Å². The van der Waals surface area contributed by atoms with Crippen molar-refractivity contribution >= 4 is 10.9 Å². The highest BCUT2D eigenvalue weighted by Crippen LogP contribution is 2.22. The molecule has 1 atom stereocenters. The lowest BCUT2D eigenvalue weighted by atomic mass is 10.0. The van der Waals surface area contributed by atoms with Gasteiger partial charge in [-0.25, -0.2) is 0 Å². The van der Waals surface area contributed by atoms with Crippen LogP contribution in [0.2, 0.25) is 0 Å². The van der Waals surface area contributed by atoms with Crippen LogP contribution in [0, 0.1) is 0 Å². The van der Waals surface area contributed by atoms with Crippen molar-refractivity contribution in [2.45, 2.75) is 31.4 Å². The predicted molar refractivity (Wildman–Crippen MR) is 88.8 cm³/mol. The summed E-state index contributed by atoms with van der Waals surface area (Å²) in [7, 11) is 4.37. The fraction of sp³-hybridized carbons (Fsp3) is 0.588. The Labute approximate surface area is 131 Å². The minimum Gasteiger partial charge on any atom is -0.388 e. The Bertz CT molecular complexity index is 603. The first-order chi connectivity index (χ1) is 10.6. The van der Waals surface area contributed by atoms with Crippen molar-refractivity contribution in [3.8, 4) is 0 Å². The third-order valence-corrected chi connectivity index (χ3v) is 4.92. The number of piperidine rings is 1. The summed E-state index contributed by atoms with van der Waals surface area (Å²) >= 11 is 0. The van der Waals surface area contributed by atoms with Gasteiger partial charge in [0, 0.05) is 18.0 Å². The zero-order chi connectivity index (χ0) is 15.5. The number of nitrogens with one attached hydrogen (secondary N) is 1. The Morgan fingerprint density at radius 2 is 2.18 bits per heavy atom. The summed E-state index contributed by atoms with van der Waals surface area (Å²) < 4.78 is 0. The molecule has 2 N–H and O–H groups in total. The van der Waals surface area contributed by atoms with Crippen LogP contribution >= 0.6 is 0 Å². The monoisotopic (exact) mass is 302 g/mol. The average molecular weight is 302 g/mol. The Morgan fingerprint density at radius 1 is 1.41 bits per heavy atom. The molecule has 22 heavy (non-hydrogen) atoms. The highest BCUT2D eigenvalue weighted by molar-refractivity contribution is 5.78. The number of aromatic nitrogens is 2. The molecule has 5 nitrogen and oxygen atoms in total. The molecular weight excluding hydrogens is 276 g/mol. The Balaban J connectivity index is 1.53. The molecule has 1 fully saturated rings. The van der Waals surface area contributed by atoms with Gasteiger partial charge in [0.1, 0.15) is 0 Å². The van der Waals surface area contributed by atoms with Gasteiger partial charge in [0.2, 0.25) is 0 Å². The second kappa shape index (κ2) is 6.77. The summed E-state index contributed by atoms with van der Waals surface area (Å²) in [6, 6.07) is 6.65. The number of benzene rings is 1. The summed E-state index contributed by atoms with van der Waals surface area (Å²) in [6.45, 7) is 3.28. The van der Waals surface area contributed by atoms with Crippen molar-refractivity contribution in [3.05, 3.63) is 30.0 Å². The highest BCUT2D eigenvalue weighted by atomic mass is 16.3. The molecule has 0 bridgehead atoms. The molecule has 0 radical (unpaired) electrons. The fourth-order valence-corrected chi connectivity index (χ4v) is 3.28. The number of nitrogens with zero attached hydrogens (tertiary/aromatic N) is 3. The number of hydrogen-bond acceptors (Lipinski definition) is 4. The van der Waals surface area contributed by atoms with E-state index in [1.165, 1.54) is 25.9 Å². The molecule has 0 amide bonds. The smallest absolute Gasteiger partial charge is 0.0802 e. The van der Waals surface area contributed by atoms with E-state index in [4.69, 9.17) is 0 Å². The molecule has 2 aromatic rings. The van der Waals surface area contributed by atoms with Crippen LogP contribution in [0.5, 0.6) is 0 Å². The number of likely N-dealkylation sites (tertiary alicyclic amines) is 1. The molecule has 3 rings (SSSR count). The molecule has 0 aliphatic carbocycles. The zero-order valence-electron chi connectivity index (χ0n) is 13.5. The summed E-state index contributed by atoms with van der Waals surface area (Å²) in [5.41, 5.74) is 1.99. The number of H-pyrrole nitrogens is 1. The first-order valence-corrected chi connectivity index (χ1v) is 8.13. The lowest BCUT2D eigenvalue weighted by Crippen LogP contribution is -2.42. The molecule has 1 unspecified atom stereocenters. The van der Waals surface area contributed by atoms with Gasteiger partial charge >= 0.3 is 0 Å². The minimum atomic E-state index is -0.409. The van der Waals surface area contributed by atoms with E-state index in [-0.39, 0.29) is 0 Å². The number of aliphatic hydroxyl groups is 1. The maximum absolute atomic E-state index is 10.4.